The summed E-state index contributed by atoms with van der Waals surface area (Å²) < 4.78 is 5.25. The minimum atomic E-state index is -0.426. The number of amides is 1. The van der Waals surface area contributed by atoms with Gasteiger partial charge in [-0.05, 0) is 58.4 Å². The number of carbonyl (C=O) groups is 1. The normalized spacial score (nSPS) is 17.4. The van der Waals surface area contributed by atoms with Gasteiger partial charge in [0.05, 0.1) is 0 Å². The summed E-state index contributed by atoms with van der Waals surface area (Å²) in [6.45, 7) is 11.8. The Labute approximate surface area is 117 Å². The van der Waals surface area contributed by atoms with Crippen molar-refractivity contribution in [3.8, 4) is 0 Å². The molecule has 1 unspecified atom stereocenters. The summed E-state index contributed by atoms with van der Waals surface area (Å²) in [5.74, 6) is 1.44. The third kappa shape index (κ3) is 8.09. The van der Waals surface area contributed by atoms with Gasteiger partial charge < -0.3 is 15.4 Å². The fourth-order valence-electron chi connectivity index (χ4n) is 1.97. The zero-order valence-corrected chi connectivity index (χ0v) is 13.1. The van der Waals surface area contributed by atoms with E-state index in [4.69, 9.17) is 4.74 Å². The molecule has 1 rings (SSSR count). The summed E-state index contributed by atoms with van der Waals surface area (Å²) in [6.07, 6.45) is 3.41. The highest BCUT2D eigenvalue weighted by Crippen LogP contribution is 2.32. The Balaban J connectivity index is 2.24. The number of carbonyl (C=O) groups excluding carboxylic acids is 1. The average Bonchev–Trinajstić information content (AvgIpc) is 3.03. The van der Waals surface area contributed by atoms with Gasteiger partial charge in [-0.2, -0.15) is 0 Å². The van der Waals surface area contributed by atoms with E-state index in [1.165, 1.54) is 19.3 Å². The topological polar surface area (TPSA) is 50.4 Å². The molecule has 4 nitrogen and oxygen atoms in total. The maximum Gasteiger partial charge on any atom is 0.407 e. The zero-order valence-electron chi connectivity index (χ0n) is 13.1. The lowest BCUT2D eigenvalue weighted by Crippen LogP contribution is -2.44. The lowest BCUT2D eigenvalue weighted by atomic mass is 10.1. The SMILES string of the molecule is CC(C)CCNC(CNC(=O)OC(C)(C)C)C1CC1. The van der Waals surface area contributed by atoms with Crippen LogP contribution in [0.5, 0.6) is 0 Å². The lowest BCUT2D eigenvalue weighted by molar-refractivity contribution is 0.0521. The van der Waals surface area contributed by atoms with Gasteiger partial charge in [0.15, 0.2) is 0 Å². The maximum absolute atomic E-state index is 11.6. The fraction of sp³-hybridized carbons (Fsp3) is 0.933. The highest BCUT2D eigenvalue weighted by molar-refractivity contribution is 5.67. The van der Waals surface area contributed by atoms with Crippen molar-refractivity contribution in [3.63, 3.8) is 0 Å². The largest absolute Gasteiger partial charge is 0.444 e. The molecular formula is C15H30N2O2. The number of rotatable bonds is 7. The Kier molecular flexibility index (Phi) is 6.11. The van der Waals surface area contributed by atoms with Crippen molar-refractivity contribution in [3.05, 3.63) is 0 Å². The molecule has 0 bridgehead atoms. The van der Waals surface area contributed by atoms with E-state index in [0.29, 0.717) is 18.5 Å². The molecule has 1 saturated carbocycles. The fourth-order valence-corrected chi connectivity index (χ4v) is 1.97. The molecule has 0 saturated heterocycles. The Morgan fingerprint density at radius 2 is 1.95 bits per heavy atom. The number of hydrogen-bond acceptors (Lipinski definition) is 3. The van der Waals surface area contributed by atoms with E-state index in [0.717, 1.165) is 12.5 Å². The number of nitrogens with one attached hydrogen (secondary N) is 2. The molecule has 0 aromatic heterocycles. The van der Waals surface area contributed by atoms with Gasteiger partial charge in [-0.25, -0.2) is 4.79 Å². The van der Waals surface area contributed by atoms with Crippen molar-refractivity contribution in [1.29, 1.82) is 0 Å². The van der Waals surface area contributed by atoms with Crippen LogP contribution < -0.4 is 10.6 Å². The first kappa shape index (κ1) is 16.3. The minimum Gasteiger partial charge on any atom is -0.444 e. The van der Waals surface area contributed by atoms with Crippen LogP contribution in [0.2, 0.25) is 0 Å². The van der Waals surface area contributed by atoms with Gasteiger partial charge in [0.2, 0.25) is 0 Å². The van der Waals surface area contributed by atoms with Gasteiger partial charge in [-0.3, -0.25) is 0 Å². The first-order chi connectivity index (χ1) is 8.78. The van der Waals surface area contributed by atoms with Crippen molar-refractivity contribution in [2.75, 3.05) is 13.1 Å². The summed E-state index contributed by atoms with van der Waals surface area (Å²) in [5.41, 5.74) is -0.426. The van der Waals surface area contributed by atoms with Gasteiger partial charge in [-0.15, -0.1) is 0 Å². The molecule has 0 spiro atoms. The summed E-state index contributed by atoms with van der Waals surface area (Å²) >= 11 is 0. The van der Waals surface area contributed by atoms with Gasteiger partial charge in [-0.1, -0.05) is 13.8 Å². The second-order valence-corrected chi connectivity index (χ2v) is 6.96. The molecule has 0 heterocycles. The Morgan fingerprint density at radius 1 is 1.32 bits per heavy atom. The molecule has 0 aromatic rings. The van der Waals surface area contributed by atoms with Crippen LogP contribution in [0.4, 0.5) is 4.79 Å². The van der Waals surface area contributed by atoms with Gasteiger partial charge in [0.1, 0.15) is 5.60 Å². The number of alkyl carbamates (subject to hydrolysis) is 1. The van der Waals surface area contributed by atoms with Crippen molar-refractivity contribution >= 4 is 6.09 Å². The van der Waals surface area contributed by atoms with Crippen molar-refractivity contribution in [2.24, 2.45) is 11.8 Å². The zero-order chi connectivity index (χ0) is 14.5. The van der Waals surface area contributed by atoms with Gasteiger partial charge in [0, 0.05) is 12.6 Å². The number of ether oxygens (including phenoxy) is 1. The van der Waals surface area contributed by atoms with Gasteiger partial charge >= 0.3 is 6.09 Å². The molecule has 0 aromatic carbocycles. The maximum atomic E-state index is 11.6. The van der Waals surface area contributed by atoms with Crippen molar-refractivity contribution in [1.82, 2.24) is 10.6 Å². The summed E-state index contributed by atoms with van der Waals surface area (Å²) in [5, 5.41) is 6.44. The summed E-state index contributed by atoms with van der Waals surface area (Å²) in [6, 6.07) is 0.395. The smallest absolute Gasteiger partial charge is 0.407 e. The first-order valence-electron chi connectivity index (χ1n) is 7.48. The molecule has 0 radical (unpaired) electrons. The van der Waals surface area contributed by atoms with E-state index < -0.39 is 5.60 Å². The van der Waals surface area contributed by atoms with Gasteiger partial charge in [0.25, 0.3) is 0 Å². The molecule has 1 atom stereocenters. The van der Waals surface area contributed by atoms with E-state index in [1.807, 2.05) is 20.8 Å². The van der Waals surface area contributed by atoms with Crippen LogP contribution in [-0.2, 0) is 4.74 Å². The highest BCUT2D eigenvalue weighted by atomic mass is 16.6. The van der Waals surface area contributed by atoms with E-state index in [2.05, 4.69) is 24.5 Å². The van der Waals surface area contributed by atoms with Crippen molar-refractivity contribution < 1.29 is 9.53 Å². The second-order valence-electron chi connectivity index (χ2n) is 6.96. The molecule has 19 heavy (non-hydrogen) atoms. The molecule has 1 fully saturated rings. The molecule has 1 amide bonds. The van der Waals surface area contributed by atoms with Crippen LogP contribution >= 0.6 is 0 Å². The molecule has 1 aliphatic rings. The predicted molar refractivity (Wildman–Crippen MR) is 78.2 cm³/mol. The second kappa shape index (κ2) is 7.13. The predicted octanol–water partition coefficient (Wildman–Crippen LogP) is 2.93. The summed E-state index contributed by atoms with van der Waals surface area (Å²) in [7, 11) is 0. The summed E-state index contributed by atoms with van der Waals surface area (Å²) in [4.78, 5) is 11.6. The van der Waals surface area contributed by atoms with E-state index >= 15 is 0 Å². The minimum absolute atomic E-state index is 0.316. The Hall–Kier alpha value is -0.770. The van der Waals surface area contributed by atoms with E-state index in [9.17, 15) is 4.79 Å². The Bertz CT molecular complexity index is 280. The van der Waals surface area contributed by atoms with Crippen LogP contribution in [0.3, 0.4) is 0 Å². The van der Waals surface area contributed by atoms with Crippen LogP contribution in [-0.4, -0.2) is 30.8 Å². The van der Waals surface area contributed by atoms with Crippen LogP contribution in [0.1, 0.15) is 53.9 Å². The van der Waals surface area contributed by atoms with Crippen LogP contribution in [0, 0.1) is 11.8 Å². The molecule has 4 heteroatoms. The standard InChI is InChI=1S/C15H30N2O2/c1-11(2)8-9-16-13(12-6-7-12)10-17-14(18)19-15(3,4)5/h11-13,16H,6-10H2,1-5H3,(H,17,18). The van der Waals surface area contributed by atoms with E-state index in [1.54, 1.807) is 0 Å². The molecule has 112 valence electrons. The monoisotopic (exact) mass is 270 g/mol. The Morgan fingerprint density at radius 3 is 2.42 bits per heavy atom. The van der Waals surface area contributed by atoms with Crippen molar-refractivity contribution in [2.45, 2.75) is 65.5 Å². The average molecular weight is 270 g/mol. The number of hydrogen-bond donors (Lipinski definition) is 2. The molecule has 1 aliphatic carbocycles. The third-order valence-corrected chi connectivity index (χ3v) is 3.18. The van der Waals surface area contributed by atoms with Crippen LogP contribution in [0.15, 0.2) is 0 Å². The highest BCUT2D eigenvalue weighted by Gasteiger charge is 2.31. The molecule has 2 N–H and O–H groups in total. The molecule has 0 aliphatic heterocycles. The first-order valence-corrected chi connectivity index (χ1v) is 7.48. The van der Waals surface area contributed by atoms with Crippen LogP contribution in [0.25, 0.3) is 0 Å². The quantitative estimate of drug-likeness (QED) is 0.748. The molecular weight excluding hydrogens is 240 g/mol. The third-order valence-electron chi connectivity index (χ3n) is 3.18. The lowest BCUT2D eigenvalue weighted by Gasteiger charge is -2.23. The van der Waals surface area contributed by atoms with E-state index in [-0.39, 0.29) is 6.09 Å².